The summed E-state index contributed by atoms with van der Waals surface area (Å²) in [4.78, 5) is 39.8. The molecular formula is C33H37N3O5. The minimum absolute atomic E-state index is 0.0319. The summed E-state index contributed by atoms with van der Waals surface area (Å²) in [6.07, 6.45) is 0.934. The van der Waals surface area contributed by atoms with Gasteiger partial charge >= 0.3 is 12.1 Å². The fourth-order valence-electron chi connectivity index (χ4n) is 6.07. The van der Waals surface area contributed by atoms with Gasteiger partial charge in [-0.25, -0.2) is 4.79 Å². The first-order valence-electron chi connectivity index (χ1n) is 14.2. The minimum Gasteiger partial charge on any atom is -0.481 e. The maximum absolute atomic E-state index is 13.3. The van der Waals surface area contributed by atoms with E-state index in [4.69, 9.17) is 4.74 Å². The molecule has 2 aliphatic rings. The Kier molecular flexibility index (Phi) is 8.69. The molecule has 3 aromatic rings. The molecule has 1 fully saturated rings. The predicted molar refractivity (Wildman–Crippen MR) is 156 cm³/mol. The van der Waals surface area contributed by atoms with Gasteiger partial charge in [-0.05, 0) is 60.5 Å². The Labute approximate surface area is 240 Å². The highest BCUT2D eigenvalue weighted by molar-refractivity contribution is 5.86. The van der Waals surface area contributed by atoms with Gasteiger partial charge in [0.1, 0.15) is 12.6 Å². The number of likely N-dealkylation sites (tertiary alicyclic amines) is 1. The summed E-state index contributed by atoms with van der Waals surface area (Å²) in [5, 5.41) is 14.9. The average molecular weight is 556 g/mol. The summed E-state index contributed by atoms with van der Waals surface area (Å²) in [5.41, 5.74) is 5.39. The molecule has 2 atom stereocenters. The fraction of sp³-hybridized carbons (Fsp3) is 0.364. The van der Waals surface area contributed by atoms with Crippen molar-refractivity contribution >= 4 is 18.0 Å². The van der Waals surface area contributed by atoms with Crippen molar-refractivity contribution in [2.75, 3.05) is 19.7 Å². The number of carboxylic acid groups (broad SMARTS) is 1. The van der Waals surface area contributed by atoms with Crippen LogP contribution in [0.3, 0.4) is 0 Å². The molecule has 0 radical (unpaired) electrons. The van der Waals surface area contributed by atoms with Gasteiger partial charge in [0.25, 0.3) is 0 Å². The molecule has 1 heterocycles. The van der Waals surface area contributed by atoms with Crippen LogP contribution in [-0.2, 0) is 20.9 Å². The SMILES string of the molecule is CC1(CNC(=O)C(CCC(=O)O)NC(=O)OCC2c3ccccc3-c3ccccc32)CCCN1Cc1ccccc1. The number of nitrogens with zero attached hydrogens (tertiary/aromatic N) is 1. The van der Waals surface area contributed by atoms with Crippen LogP contribution in [0.2, 0.25) is 0 Å². The molecule has 2 unspecified atom stereocenters. The minimum atomic E-state index is -1.03. The van der Waals surface area contributed by atoms with Crippen molar-refractivity contribution in [3.8, 4) is 11.1 Å². The van der Waals surface area contributed by atoms with Crippen molar-refractivity contribution in [2.45, 2.75) is 56.7 Å². The molecule has 5 rings (SSSR count). The van der Waals surface area contributed by atoms with E-state index in [1.807, 2.05) is 54.6 Å². The monoisotopic (exact) mass is 555 g/mol. The topological polar surface area (TPSA) is 108 Å². The van der Waals surface area contributed by atoms with Gasteiger partial charge in [-0.2, -0.15) is 0 Å². The summed E-state index contributed by atoms with van der Waals surface area (Å²) >= 11 is 0. The van der Waals surface area contributed by atoms with Crippen LogP contribution in [0.15, 0.2) is 78.9 Å². The third kappa shape index (κ3) is 6.60. The standard InChI is InChI=1S/C33H37N3O5/c1-33(18-9-19-36(33)20-23-10-3-2-4-11-23)22-34-31(39)29(16-17-30(37)38)35-32(40)41-21-28-26-14-7-5-12-24(26)25-13-6-8-15-27(25)28/h2-8,10-15,28-29H,9,16-22H2,1H3,(H,34,39)(H,35,40)(H,37,38). The highest BCUT2D eigenvalue weighted by atomic mass is 16.5. The molecule has 214 valence electrons. The van der Waals surface area contributed by atoms with Gasteiger partial charge < -0.3 is 20.5 Å². The van der Waals surface area contributed by atoms with Gasteiger partial charge in [0.15, 0.2) is 0 Å². The zero-order valence-corrected chi connectivity index (χ0v) is 23.3. The number of carbonyl (C=O) groups is 3. The second kappa shape index (κ2) is 12.6. The lowest BCUT2D eigenvalue weighted by Gasteiger charge is -2.36. The highest BCUT2D eigenvalue weighted by Crippen LogP contribution is 2.44. The number of carboxylic acids is 1. The third-order valence-corrected chi connectivity index (χ3v) is 8.37. The molecule has 8 nitrogen and oxygen atoms in total. The van der Waals surface area contributed by atoms with Crippen LogP contribution < -0.4 is 10.6 Å². The third-order valence-electron chi connectivity index (χ3n) is 8.37. The van der Waals surface area contributed by atoms with Crippen LogP contribution in [0.4, 0.5) is 4.79 Å². The first kappa shape index (κ1) is 28.4. The average Bonchev–Trinajstić information content (AvgIpc) is 3.50. The molecule has 0 bridgehead atoms. The number of hydrogen-bond acceptors (Lipinski definition) is 5. The fourth-order valence-corrected chi connectivity index (χ4v) is 6.07. The molecule has 0 spiro atoms. The maximum atomic E-state index is 13.3. The second-order valence-corrected chi connectivity index (χ2v) is 11.2. The number of nitrogens with one attached hydrogen (secondary N) is 2. The number of alkyl carbamates (subject to hydrolysis) is 1. The van der Waals surface area contributed by atoms with E-state index < -0.39 is 24.0 Å². The Morgan fingerprint density at radius 2 is 1.61 bits per heavy atom. The van der Waals surface area contributed by atoms with Crippen LogP contribution in [-0.4, -0.2) is 59.3 Å². The number of benzene rings is 3. The van der Waals surface area contributed by atoms with E-state index >= 15 is 0 Å². The lowest BCUT2D eigenvalue weighted by atomic mass is 9.97. The zero-order valence-electron chi connectivity index (χ0n) is 23.3. The van der Waals surface area contributed by atoms with E-state index in [0.717, 1.165) is 48.2 Å². The molecule has 41 heavy (non-hydrogen) atoms. The molecule has 0 aromatic heterocycles. The van der Waals surface area contributed by atoms with E-state index in [-0.39, 0.29) is 30.9 Å². The Balaban J connectivity index is 1.20. The first-order chi connectivity index (χ1) is 19.8. The van der Waals surface area contributed by atoms with Crippen molar-refractivity contribution in [1.29, 1.82) is 0 Å². The summed E-state index contributed by atoms with van der Waals surface area (Å²) in [6, 6.07) is 25.3. The summed E-state index contributed by atoms with van der Waals surface area (Å²) in [6.45, 7) is 4.36. The molecule has 2 amide bonds. The number of ether oxygens (including phenoxy) is 1. The van der Waals surface area contributed by atoms with E-state index in [9.17, 15) is 19.5 Å². The lowest BCUT2D eigenvalue weighted by Crippen LogP contribution is -2.54. The number of aliphatic carboxylic acids is 1. The molecule has 1 aliphatic carbocycles. The van der Waals surface area contributed by atoms with E-state index in [2.05, 4.69) is 46.7 Å². The first-order valence-corrected chi connectivity index (χ1v) is 14.2. The van der Waals surface area contributed by atoms with Crippen molar-refractivity contribution < 1.29 is 24.2 Å². The Bertz CT molecular complexity index is 1350. The van der Waals surface area contributed by atoms with E-state index in [1.165, 1.54) is 5.56 Å². The van der Waals surface area contributed by atoms with Gasteiger partial charge in [-0.1, -0.05) is 78.9 Å². The Morgan fingerprint density at radius 1 is 0.976 bits per heavy atom. The normalized spacial score (nSPS) is 18.8. The van der Waals surface area contributed by atoms with Gasteiger partial charge in [0, 0.05) is 31.0 Å². The lowest BCUT2D eigenvalue weighted by molar-refractivity contribution is -0.137. The van der Waals surface area contributed by atoms with Crippen LogP contribution in [0.25, 0.3) is 11.1 Å². The van der Waals surface area contributed by atoms with Gasteiger partial charge in [-0.3, -0.25) is 14.5 Å². The van der Waals surface area contributed by atoms with Gasteiger partial charge in [0.2, 0.25) is 5.91 Å². The van der Waals surface area contributed by atoms with Crippen molar-refractivity contribution in [3.63, 3.8) is 0 Å². The molecular weight excluding hydrogens is 518 g/mol. The van der Waals surface area contributed by atoms with E-state index in [0.29, 0.717) is 6.54 Å². The Hall–Kier alpha value is -4.17. The largest absolute Gasteiger partial charge is 0.481 e. The smallest absolute Gasteiger partial charge is 0.407 e. The highest BCUT2D eigenvalue weighted by Gasteiger charge is 2.37. The van der Waals surface area contributed by atoms with Crippen LogP contribution in [0, 0.1) is 0 Å². The summed E-state index contributed by atoms with van der Waals surface area (Å²) < 4.78 is 5.62. The van der Waals surface area contributed by atoms with Gasteiger partial charge in [0.05, 0.1) is 0 Å². The number of amides is 2. The second-order valence-electron chi connectivity index (χ2n) is 11.2. The van der Waals surface area contributed by atoms with Crippen molar-refractivity contribution in [1.82, 2.24) is 15.5 Å². The molecule has 3 aromatic carbocycles. The quantitative estimate of drug-likeness (QED) is 0.310. The number of rotatable bonds is 11. The van der Waals surface area contributed by atoms with Crippen molar-refractivity contribution in [3.05, 3.63) is 95.6 Å². The number of carbonyl (C=O) groups excluding carboxylic acids is 2. The summed E-state index contributed by atoms with van der Waals surface area (Å²) in [7, 11) is 0. The number of fused-ring (bicyclic) bond motifs is 3. The molecule has 0 saturated carbocycles. The van der Waals surface area contributed by atoms with Crippen LogP contribution in [0.1, 0.15) is 55.2 Å². The molecule has 1 aliphatic heterocycles. The summed E-state index contributed by atoms with van der Waals surface area (Å²) in [5.74, 6) is -1.56. The van der Waals surface area contributed by atoms with Crippen LogP contribution in [0.5, 0.6) is 0 Å². The van der Waals surface area contributed by atoms with Crippen LogP contribution >= 0.6 is 0 Å². The molecule has 8 heteroatoms. The van der Waals surface area contributed by atoms with Crippen molar-refractivity contribution in [2.24, 2.45) is 0 Å². The Morgan fingerprint density at radius 3 is 2.27 bits per heavy atom. The zero-order chi connectivity index (χ0) is 28.8. The maximum Gasteiger partial charge on any atom is 0.407 e. The van der Waals surface area contributed by atoms with Gasteiger partial charge in [-0.15, -0.1) is 0 Å². The molecule has 3 N–H and O–H groups in total. The predicted octanol–water partition coefficient (Wildman–Crippen LogP) is 4.93. The molecule has 1 saturated heterocycles. The number of hydrogen-bond donors (Lipinski definition) is 3. The van der Waals surface area contributed by atoms with E-state index in [1.54, 1.807) is 0 Å².